The van der Waals surface area contributed by atoms with Crippen LogP contribution in [0.5, 0.6) is 11.5 Å². The van der Waals surface area contributed by atoms with Crippen molar-refractivity contribution in [1.82, 2.24) is 24.7 Å². The zero-order valence-electron chi connectivity index (χ0n) is 16.5. The molecular weight excluding hydrogens is 372 g/mol. The number of methoxy groups -OCH3 is 2. The zero-order valence-corrected chi connectivity index (χ0v) is 16.5. The molecule has 1 aromatic carbocycles. The van der Waals surface area contributed by atoms with E-state index >= 15 is 0 Å². The number of aromatic nitrogens is 5. The van der Waals surface area contributed by atoms with Gasteiger partial charge in [-0.2, -0.15) is 5.10 Å². The van der Waals surface area contributed by atoms with Gasteiger partial charge in [-0.3, -0.25) is 9.89 Å². The smallest absolute Gasteiger partial charge is 0.264 e. The Balaban J connectivity index is 1.92. The van der Waals surface area contributed by atoms with E-state index in [4.69, 9.17) is 14.5 Å². The molecule has 0 aliphatic carbocycles. The van der Waals surface area contributed by atoms with E-state index in [1.54, 1.807) is 27.3 Å². The second kappa shape index (κ2) is 7.27. The molecule has 0 atom stereocenters. The van der Waals surface area contributed by atoms with Gasteiger partial charge in [0.15, 0.2) is 17.3 Å². The number of aromatic amines is 1. The third kappa shape index (κ3) is 3.38. The summed E-state index contributed by atoms with van der Waals surface area (Å²) in [5.74, 6) is 2.15. The highest BCUT2D eigenvalue weighted by Crippen LogP contribution is 2.33. The highest BCUT2D eigenvalue weighted by molar-refractivity contribution is 5.92. The van der Waals surface area contributed by atoms with E-state index in [-0.39, 0.29) is 5.56 Å². The molecule has 0 bridgehead atoms. The number of pyridine rings is 1. The van der Waals surface area contributed by atoms with Crippen molar-refractivity contribution in [3.63, 3.8) is 0 Å². The Morgan fingerprint density at radius 1 is 1.10 bits per heavy atom. The normalized spacial score (nSPS) is 10.9. The first-order valence-corrected chi connectivity index (χ1v) is 8.88. The van der Waals surface area contributed by atoms with Gasteiger partial charge in [-0.05, 0) is 31.2 Å². The number of aryl methyl sites for hydroxylation is 2. The summed E-state index contributed by atoms with van der Waals surface area (Å²) in [6, 6.07) is 9.12. The van der Waals surface area contributed by atoms with E-state index in [1.165, 1.54) is 10.9 Å². The Hall–Kier alpha value is -3.88. The molecular formula is C20H20N6O3. The van der Waals surface area contributed by atoms with Crippen molar-refractivity contribution in [1.29, 1.82) is 0 Å². The van der Waals surface area contributed by atoms with Crippen LogP contribution in [-0.4, -0.2) is 39.0 Å². The maximum absolute atomic E-state index is 12.8. The van der Waals surface area contributed by atoms with E-state index in [2.05, 4.69) is 20.5 Å². The molecule has 0 fully saturated rings. The number of nitrogens with zero attached hydrogens (tertiary/aromatic N) is 4. The van der Waals surface area contributed by atoms with Crippen molar-refractivity contribution in [2.75, 3.05) is 19.5 Å². The Morgan fingerprint density at radius 2 is 1.90 bits per heavy atom. The highest BCUT2D eigenvalue weighted by Gasteiger charge is 2.15. The summed E-state index contributed by atoms with van der Waals surface area (Å²) in [7, 11) is 4.81. The van der Waals surface area contributed by atoms with Gasteiger partial charge in [0.25, 0.3) is 5.56 Å². The highest BCUT2D eigenvalue weighted by atomic mass is 16.5. The molecule has 9 nitrogen and oxygen atoms in total. The molecule has 3 heterocycles. The second-order valence-corrected chi connectivity index (χ2v) is 6.54. The molecule has 0 saturated carbocycles. The molecule has 0 aliphatic heterocycles. The van der Waals surface area contributed by atoms with Crippen molar-refractivity contribution in [2.45, 2.75) is 6.92 Å². The molecule has 0 spiro atoms. The van der Waals surface area contributed by atoms with Gasteiger partial charge >= 0.3 is 0 Å². The fourth-order valence-electron chi connectivity index (χ4n) is 3.06. The lowest BCUT2D eigenvalue weighted by Crippen LogP contribution is -2.18. The third-order valence-electron chi connectivity index (χ3n) is 4.53. The first kappa shape index (κ1) is 18.5. The van der Waals surface area contributed by atoms with Gasteiger partial charge in [0.2, 0.25) is 0 Å². The third-order valence-corrected chi connectivity index (χ3v) is 4.53. The molecule has 4 aromatic rings. The Morgan fingerprint density at radius 3 is 2.59 bits per heavy atom. The molecule has 9 heteroatoms. The summed E-state index contributed by atoms with van der Waals surface area (Å²) < 4.78 is 12.1. The molecule has 0 unspecified atom stereocenters. The number of rotatable bonds is 5. The predicted octanol–water partition coefficient (Wildman–Crippen LogP) is 2.79. The van der Waals surface area contributed by atoms with Gasteiger partial charge < -0.3 is 19.4 Å². The summed E-state index contributed by atoms with van der Waals surface area (Å²) in [6.45, 7) is 1.89. The summed E-state index contributed by atoms with van der Waals surface area (Å²) in [6.07, 6.45) is 1.49. The number of anilines is 2. The topological polar surface area (TPSA) is 107 Å². The first-order valence-electron chi connectivity index (χ1n) is 8.88. The lowest BCUT2D eigenvalue weighted by Gasteiger charge is -2.12. The van der Waals surface area contributed by atoms with E-state index in [0.717, 1.165) is 11.3 Å². The molecule has 0 radical (unpaired) electrons. The van der Waals surface area contributed by atoms with Crippen LogP contribution in [0.1, 0.15) is 5.69 Å². The SMILES string of the molecule is COc1ccc(-c2cc3ncn(C)c(=O)c3c(Nc3cc(C)[nH]n3)n2)cc1OC. The zero-order chi connectivity index (χ0) is 20.5. The monoisotopic (exact) mass is 392 g/mol. The van der Waals surface area contributed by atoms with Crippen LogP contribution in [0.2, 0.25) is 0 Å². The van der Waals surface area contributed by atoms with Crippen LogP contribution in [0, 0.1) is 6.92 Å². The van der Waals surface area contributed by atoms with Crippen LogP contribution in [0.4, 0.5) is 11.6 Å². The van der Waals surface area contributed by atoms with Gasteiger partial charge in [-0.15, -0.1) is 0 Å². The van der Waals surface area contributed by atoms with Crippen molar-refractivity contribution >= 4 is 22.5 Å². The molecule has 3 aromatic heterocycles. The van der Waals surface area contributed by atoms with Gasteiger partial charge in [0, 0.05) is 24.4 Å². The van der Waals surface area contributed by atoms with Crippen molar-refractivity contribution in [2.24, 2.45) is 7.05 Å². The summed E-state index contributed by atoms with van der Waals surface area (Å²) in [4.78, 5) is 21.9. The minimum absolute atomic E-state index is 0.198. The van der Waals surface area contributed by atoms with Crippen LogP contribution in [0.25, 0.3) is 22.2 Å². The molecule has 2 N–H and O–H groups in total. The van der Waals surface area contributed by atoms with Crippen molar-refractivity contribution in [3.8, 4) is 22.8 Å². The number of hydrogen-bond acceptors (Lipinski definition) is 7. The quantitative estimate of drug-likeness (QED) is 0.538. The standard InChI is InChI=1S/C20H20N6O3/c1-11-7-17(25-24-11)23-19-18-14(21-10-26(2)20(18)27)9-13(22-19)12-5-6-15(28-3)16(8-12)29-4/h5-10H,1-4H3,(H2,22,23,24,25). The van der Waals surface area contributed by atoms with Crippen LogP contribution in [-0.2, 0) is 7.05 Å². The molecule has 4 rings (SSSR count). The maximum atomic E-state index is 12.8. The summed E-state index contributed by atoms with van der Waals surface area (Å²) in [5.41, 5.74) is 2.65. The molecule has 0 saturated heterocycles. The lowest BCUT2D eigenvalue weighted by molar-refractivity contribution is 0.355. The number of hydrogen-bond donors (Lipinski definition) is 2. The second-order valence-electron chi connectivity index (χ2n) is 6.54. The molecule has 0 amide bonds. The fraction of sp³-hybridized carbons (Fsp3) is 0.200. The number of nitrogens with one attached hydrogen (secondary N) is 2. The van der Waals surface area contributed by atoms with Crippen molar-refractivity contribution in [3.05, 3.63) is 52.7 Å². The van der Waals surface area contributed by atoms with Gasteiger partial charge in [0.1, 0.15) is 11.2 Å². The average Bonchev–Trinajstić information content (AvgIpc) is 3.14. The van der Waals surface area contributed by atoms with E-state index in [1.807, 2.05) is 31.2 Å². The number of H-pyrrole nitrogens is 1. The summed E-state index contributed by atoms with van der Waals surface area (Å²) in [5, 5.41) is 10.6. The number of fused-ring (bicyclic) bond motifs is 1. The minimum Gasteiger partial charge on any atom is -0.493 e. The van der Waals surface area contributed by atoms with Crippen molar-refractivity contribution < 1.29 is 9.47 Å². The average molecular weight is 392 g/mol. The van der Waals surface area contributed by atoms with Gasteiger partial charge in [0.05, 0.1) is 31.8 Å². The molecule has 0 aliphatic rings. The van der Waals surface area contributed by atoms with Gasteiger partial charge in [-0.1, -0.05) is 0 Å². The maximum Gasteiger partial charge on any atom is 0.264 e. The molecule has 148 valence electrons. The lowest BCUT2D eigenvalue weighted by atomic mass is 10.1. The van der Waals surface area contributed by atoms with E-state index in [9.17, 15) is 4.79 Å². The Kier molecular flexibility index (Phi) is 4.63. The van der Waals surface area contributed by atoms with Crippen LogP contribution in [0.3, 0.4) is 0 Å². The van der Waals surface area contributed by atoms with E-state index < -0.39 is 0 Å². The summed E-state index contributed by atoms with van der Waals surface area (Å²) >= 11 is 0. The fourth-order valence-corrected chi connectivity index (χ4v) is 3.06. The molecule has 29 heavy (non-hydrogen) atoms. The Bertz CT molecular complexity index is 1260. The first-order chi connectivity index (χ1) is 14.0. The Labute approximate surface area is 166 Å². The van der Waals surface area contributed by atoms with Crippen LogP contribution < -0.4 is 20.3 Å². The number of benzene rings is 1. The predicted molar refractivity (Wildman–Crippen MR) is 110 cm³/mol. The van der Waals surface area contributed by atoms with E-state index in [0.29, 0.717) is 39.7 Å². The minimum atomic E-state index is -0.198. The number of ether oxygens (including phenoxy) is 2. The van der Waals surface area contributed by atoms with Gasteiger partial charge in [-0.25, -0.2) is 9.97 Å². The van der Waals surface area contributed by atoms with Crippen LogP contribution >= 0.6 is 0 Å². The largest absolute Gasteiger partial charge is 0.493 e. The van der Waals surface area contributed by atoms with Crippen LogP contribution in [0.15, 0.2) is 41.5 Å².